The standard InChI is InChI=1S/C11H15N3O4S2/c1-14(5-6-19(2,15)16)20(17,18)11-4-3-10(13)7-9(11)8-12/h3-4,7H,5-6,13H2,1-2H3. The molecule has 20 heavy (non-hydrogen) atoms. The lowest BCUT2D eigenvalue weighted by Gasteiger charge is -2.17. The summed E-state index contributed by atoms with van der Waals surface area (Å²) in [5.74, 6) is -0.292. The molecule has 0 spiro atoms. The van der Waals surface area contributed by atoms with Gasteiger partial charge in [0.2, 0.25) is 10.0 Å². The minimum absolute atomic E-state index is 0.0730. The van der Waals surface area contributed by atoms with Crippen molar-refractivity contribution in [2.24, 2.45) is 0 Å². The highest BCUT2D eigenvalue weighted by molar-refractivity contribution is 7.91. The van der Waals surface area contributed by atoms with E-state index in [1.165, 1.54) is 25.2 Å². The summed E-state index contributed by atoms with van der Waals surface area (Å²) in [4.78, 5) is -0.190. The molecule has 1 rings (SSSR count). The molecule has 0 saturated heterocycles. The Bertz CT molecular complexity index is 748. The fourth-order valence-corrected chi connectivity index (χ4v) is 3.45. The molecule has 7 nitrogen and oxygen atoms in total. The molecule has 0 unspecified atom stereocenters. The van der Waals surface area contributed by atoms with Crippen molar-refractivity contribution in [3.05, 3.63) is 23.8 Å². The number of sulfone groups is 1. The van der Waals surface area contributed by atoms with Crippen LogP contribution in [0.15, 0.2) is 23.1 Å². The number of nitriles is 1. The van der Waals surface area contributed by atoms with Crippen LogP contribution in [0.4, 0.5) is 5.69 Å². The van der Waals surface area contributed by atoms with E-state index in [0.717, 1.165) is 10.6 Å². The highest BCUT2D eigenvalue weighted by atomic mass is 32.2. The topological polar surface area (TPSA) is 121 Å². The first-order valence-electron chi connectivity index (χ1n) is 5.51. The third-order valence-electron chi connectivity index (χ3n) is 2.59. The van der Waals surface area contributed by atoms with Crippen LogP contribution in [0.5, 0.6) is 0 Å². The van der Waals surface area contributed by atoms with E-state index < -0.39 is 19.9 Å². The monoisotopic (exact) mass is 317 g/mol. The van der Waals surface area contributed by atoms with Crippen LogP contribution in [-0.4, -0.2) is 46.7 Å². The zero-order valence-corrected chi connectivity index (χ0v) is 12.7. The number of nitrogens with zero attached hydrogens (tertiary/aromatic N) is 2. The number of sulfonamides is 1. The van der Waals surface area contributed by atoms with Gasteiger partial charge in [-0.25, -0.2) is 16.8 Å². The number of nitrogens with two attached hydrogens (primary N) is 1. The van der Waals surface area contributed by atoms with Crippen LogP contribution in [0, 0.1) is 11.3 Å². The summed E-state index contributed by atoms with van der Waals surface area (Å²) in [6.07, 6.45) is 1.03. The Morgan fingerprint density at radius 1 is 1.30 bits per heavy atom. The van der Waals surface area contributed by atoms with Crippen molar-refractivity contribution < 1.29 is 16.8 Å². The smallest absolute Gasteiger partial charge is 0.244 e. The third kappa shape index (κ3) is 3.93. The van der Waals surface area contributed by atoms with Crippen molar-refractivity contribution >= 4 is 25.5 Å². The molecule has 0 fully saturated rings. The van der Waals surface area contributed by atoms with E-state index in [4.69, 9.17) is 11.0 Å². The predicted molar refractivity (Wildman–Crippen MR) is 75.1 cm³/mol. The maximum atomic E-state index is 12.3. The van der Waals surface area contributed by atoms with Gasteiger partial charge in [-0.2, -0.15) is 9.57 Å². The van der Waals surface area contributed by atoms with Crippen LogP contribution in [0.2, 0.25) is 0 Å². The summed E-state index contributed by atoms with van der Waals surface area (Å²) in [7, 11) is -5.94. The van der Waals surface area contributed by atoms with Crippen LogP contribution in [0.25, 0.3) is 0 Å². The van der Waals surface area contributed by atoms with Crippen LogP contribution in [-0.2, 0) is 19.9 Å². The highest BCUT2D eigenvalue weighted by Gasteiger charge is 2.24. The first-order chi connectivity index (χ1) is 9.08. The maximum Gasteiger partial charge on any atom is 0.244 e. The van der Waals surface area contributed by atoms with Crippen molar-refractivity contribution in [2.45, 2.75) is 4.90 Å². The fourth-order valence-electron chi connectivity index (χ4n) is 1.44. The normalized spacial score (nSPS) is 12.3. The van der Waals surface area contributed by atoms with Crippen LogP contribution in [0.3, 0.4) is 0 Å². The van der Waals surface area contributed by atoms with E-state index in [2.05, 4.69) is 0 Å². The largest absolute Gasteiger partial charge is 0.399 e. The van der Waals surface area contributed by atoms with Gasteiger partial charge in [0.25, 0.3) is 0 Å². The Morgan fingerprint density at radius 2 is 1.90 bits per heavy atom. The number of hydrogen-bond donors (Lipinski definition) is 1. The van der Waals surface area contributed by atoms with Crippen LogP contribution in [0.1, 0.15) is 5.56 Å². The molecule has 9 heteroatoms. The summed E-state index contributed by atoms with van der Waals surface area (Å²) < 4.78 is 47.6. The van der Waals surface area contributed by atoms with Crippen molar-refractivity contribution in [3.8, 4) is 6.07 Å². The van der Waals surface area contributed by atoms with Crippen LogP contribution >= 0.6 is 0 Å². The Balaban J connectivity index is 3.15. The van der Waals surface area contributed by atoms with Gasteiger partial charge in [-0.3, -0.25) is 0 Å². The van der Waals surface area contributed by atoms with Crippen molar-refractivity contribution in [1.82, 2.24) is 4.31 Å². The predicted octanol–water partition coefficient (Wildman–Crippen LogP) is -0.194. The lowest BCUT2D eigenvalue weighted by atomic mass is 10.2. The third-order valence-corrected chi connectivity index (χ3v) is 5.43. The molecule has 110 valence electrons. The van der Waals surface area contributed by atoms with Crippen molar-refractivity contribution in [1.29, 1.82) is 5.26 Å². The van der Waals surface area contributed by atoms with E-state index in [1.54, 1.807) is 6.07 Å². The van der Waals surface area contributed by atoms with E-state index in [9.17, 15) is 16.8 Å². The van der Waals surface area contributed by atoms with Crippen LogP contribution < -0.4 is 5.73 Å². The van der Waals surface area contributed by atoms with Gasteiger partial charge in [-0.15, -0.1) is 0 Å². The molecule has 0 radical (unpaired) electrons. The Morgan fingerprint density at radius 3 is 2.40 bits per heavy atom. The SMILES string of the molecule is CN(CCS(C)(=O)=O)S(=O)(=O)c1ccc(N)cc1C#N. The van der Waals surface area contributed by atoms with Gasteiger partial charge in [-0.1, -0.05) is 0 Å². The molecule has 0 saturated carbocycles. The van der Waals surface area contributed by atoms with Gasteiger partial charge < -0.3 is 5.73 Å². The van der Waals surface area contributed by atoms with E-state index in [-0.39, 0.29) is 28.4 Å². The summed E-state index contributed by atoms with van der Waals surface area (Å²) in [6, 6.07) is 5.64. The second-order valence-electron chi connectivity index (χ2n) is 4.32. The highest BCUT2D eigenvalue weighted by Crippen LogP contribution is 2.21. The Kier molecular flexibility index (Phi) is 4.75. The lowest BCUT2D eigenvalue weighted by Crippen LogP contribution is -2.32. The molecule has 0 aliphatic rings. The molecular formula is C11H15N3O4S2. The molecule has 0 bridgehead atoms. The number of hydrogen-bond acceptors (Lipinski definition) is 6. The molecule has 0 aromatic heterocycles. The Hall–Kier alpha value is -1.63. The molecule has 0 aliphatic carbocycles. The first kappa shape index (κ1) is 16.4. The van der Waals surface area contributed by atoms with Gasteiger partial charge in [0, 0.05) is 25.5 Å². The summed E-state index contributed by atoms with van der Waals surface area (Å²) in [5, 5.41) is 8.96. The fraction of sp³-hybridized carbons (Fsp3) is 0.364. The van der Waals surface area contributed by atoms with Gasteiger partial charge in [0.05, 0.1) is 11.3 Å². The average molecular weight is 317 g/mol. The van der Waals surface area contributed by atoms with E-state index >= 15 is 0 Å². The quantitative estimate of drug-likeness (QED) is 0.751. The van der Waals surface area contributed by atoms with Gasteiger partial charge in [-0.05, 0) is 18.2 Å². The van der Waals surface area contributed by atoms with E-state index in [1.807, 2.05) is 0 Å². The number of nitrogen functional groups attached to an aromatic ring is 1. The molecule has 0 heterocycles. The van der Waals surface area contributed by atoms with Crippen molar-refractivity contribution in [3.63, 3.8) is 0 Å². The molecule has 0 atom stereocenters. The molecule has 0 amide bonds. The van der Waals surface area contributed by atoms with Gasteiger partial charge in [0.1, 0.15) is 20.8 Å². The first-order valence-corrected chi connectivity index (χ1v) is 9.01. The maximum absolute atomic E-state index is 12.3. The minimum Gasteiger partial charge on any atom is -0.399 e. The number of benzene rings is 1. The zero-order chi connectivity index (χ0) is 15.6. The van der Waals surface area contributed by atoms with Gasteiger partial charge >= 0.3 is 0 Å². The average Bonchev–Trinajstić information content (AvgIpc) is 2.34. The molecule has 0 aliphatic heterocycles. The summed E-state index contributed by atoms with van der Waals surface area (Å²) in [5.41, 5.74) is 5.70. The second-order valence-corrected chi connectivity index (χ2v) is 8.60. The molecular weight excluding hydrogens is 302 g/mol. The van der Waals surface area contributed by atoms with Gasteiger partial charge in [0.15, 0.2) is 0 Å². The zero-order valence-electron chi connectivity index (χ0n) is 11.1. The number of anilines is 1. The summed E-state index contributed by atoms with van der Waals surface area (Å²) in [6.45, 7) is -0.184. The molecule has 1 aromatic rings. The lowest BCUT2D eigenvalue weighted by molar-refractivity contribution is 0.484. The van der Waals surface area contributed by atoms with Crippen molar-refractivity contribution in [2.75, 3.05) is 31.3 Å². The number of rotatable bonds is 5. The minimum atomic E-state index is -3.93. The Labute approximate surface area is 118 Å². The molecule has 2 N–H and O–H groups in total. The summed E-state index contributed by atoms with van der Waals surface area (Å²) >= 11 is 0. The molecule has 1 aromatic carbocycles. The second kappa shape index (κ2) is 5.78. The van der Waals surface area contributed by atoms with E-state index in [0.29, 0.717) is 0 Å².